The van der Waals surface area contributed by atoms with Crippen molar-refractivity contribution in [3.8, 4) is 11.1 Å². The second kappa shape index (κ2) is 12.5. The molecule has 0 aromatic heterocycles. The van der Waals surface area contributed by atoms with E-state index >= 15 is 0 Å². The number of benzene rings is 2. The molecule has 4 heteroatoms. The first kappa shape index (κ1) is 30.8. The topological polar surface area (TPSA) is 41.6 Å². The van der Waals surface area contributed by atoms with Gasteiger partial charge in [0.05, 0.1) is 0 Å². The molecule has 5 rings (SSSR count). The molecule has 3 aliphatic rings. The van der Waals surface area contributed by atoms with Gasteiger partial charge in [-0.15, -0.1) is 0 Å². The minimum Gasteiger partial charge on any atom is -0.361 e. The quantitative estimate of drug-likeness (QED) is 0.294. The van der Waals surface area contributed by atoms with Crippen LogP contribution >= 0.6 is 0 Å². The third-order valence-corrected chi connectivity index (χ3v) is 9.78. The predicted molar refractivity (Wildman–Crippen MR) is 176 cm³/mol. The molecule has 1 N–H and O–H groups in total. The molecule has 2 aromatic carbocycles. The molecule has 0 spiro atoms. The van der Waals surface area contributed by atoms with Crippen molar-refractivity contribution in [1.29, 1.82) is 0 Å². The van der Waals surface area contributed by atoms with Crippen molar-refractivity contribution in [2.45, 2.75) is 109 Å². The molecule has 42 heavy (non-hydrogen) atoms. The summed E-state index contributed by atoms with van der Waals surface area (Å²) in [5.74, 6) is 0.125. The fourth-order valence-corrected chi connectivity index (χ4v) is 6.87. The monoisotopic (exact) mass is 568 g/mol. The molecule has 1 saturated heterocycles. The average molecular weight is 569 g/mol. The zero-order chi connectivity index (χ0) is 30.0. The van der Waals surface area contributed by atoms with Crippen LogP contribution in [0.1, 0.15) is 103 Å². The molecule has 1 heterocycles. The summed E-state index contributed by atoms with van der Waals surface area (Å²) in [5, 5.41) is 3.47. The minimum absolute atomic E-state index is 0.125. The van der Waals surface area contributed by atoms with Crippen LogP contribution in [0, 0.1) is 0 Å². The van der Waals surface area contributed by atoms with Crippen molar-refractivity contribution in [3.63, 3.8) is 0 Å². The number of unbranched alkanes of at least 4 members (excludes halogenated alkanes) is 1. The summed E-state index contributed by atoms with van der Waals surface area (Å²) in [7, 11) is 0. The lowest BCUT2D eigenvalue weighted by molar-refractivity contribution is -0.151. The number of ether oxygens (including phenoxy) is 1. The number of likely N-dealkylation sites (tertiary alicyclic amines) is 1. The van der Waals surface area contributed by atoms with E-state index < -0.39 is 5.60 Å². The van der Waals surface area contributed by atoms with Crippen molar-refractivity contribution in [2.75, 3.05) is 26.2 Å². The highest BCUT2D eigenvalue weighted by atomic mass is 16.5. The number of fused-ring (bicyclic) bond motifs is 1. The average Bonchev–Trinajstić information content (AvgIpc) is 3.52. The maximum atomic E-state index is 13.7. The Bertz CT molecular complexity index is 1330. The van der Waals surface area contributed by atoms with Crippen LogP contribution in [0.3, 0.4) is 0 Å². The summed E-state index contributed by atoms with van der Waals surface area (Å²) < 4.78 is 6.47. The fourth-order valence-electron chi connectivity index (χ4n) is 6.87. The molecule has 2 aliphatic carbocycles. The van der Waals surface area contributed by atoms with Gasteiger partial charge in [-0.05, 0) is 101 Å². The summed E-state index contributed by atoms with van der Waals surface area (Å²) in [4.78, 5) is 15.7. The molecular weight excluding hydrogens is 516 g/mol. The van der Waals surface area contributed by atoms with Crippen LogP contribution in [-0.2, 0) is 20.4 Å². The van der Waals surface area contributed by atoms with Gasteiger partial charge in [-0.3, -0.25) is 4.79 Å². The van der Waals surface area contributed by atoms with Crippen LogP contribution in [0.4, 0.5) is 0 Å². The summed E-state index contributed by atoms with van der Waals surface area (Å²) in [6.07, 6.45) is 13.5. The van der Waals surface area contributed by atoms with Gasteiger partial charge in [0.15, 0.2) is 5.60 Å². The van der Waals surface area contributed by atoms with Crippen molar-refractivity contribution in [1.82, 2.24) is 10.2 Å². The zero-order valence-corrected chi connectivity index (χ0v) is 26.9. The Hall–Kier alpha value is -2.69. The van der Waals surface area contributed by atoms with Gasteiger partial charge in [0.1, 0.15) is 0 Å². The number of nitrogens with zero attached hydrogens (tertiary/aromatic N) is 1. The Kier molecular flexibility index (Phi) is 9.16. The molecule has 1 unspecified atom stereocenters. The first-order valence-electron chi connectivity index (χ1n) is 16.3. The molecule has 1 aliphatic heterocycles. The second-order valence-electron chi connectivity index (χ2n) is 14.4. The van der Waals surface area contributed by atoms with E-state index in [0.29, 0.717) is 19.1 Å². The molecule has 0 radical (unpaired) electrons. The molecule has 226 valence electrons. The smallest absolute Gasteiger partial charge is 0.259 e. The number of allylic oxidation sites excluding steroid dienone is 2. The van der Waals surface area contributed by atoms with Crippen LogP contribution in [-0.4, -0.2) is 48.7 Å². The maximum absolute atomic E-state index is 13.7. The van der Waals surface area contributed by atoms with Gasteiger partial charge >= 0.3 is 0 Å². The highest BCUT2D eigenvalue weighted by molar-refractivity contribution is 5.91. The zero-order valence-electron chi connectivity index (χ0n) is 26.9. The van der Waals surface area contributed by atoms with Gasteiger partial charge in [0.2, 0.25) is 0 Å². The number of hydrogen-bond acceptors (Lipinski definition) is 3. The van der Waals surface area contributed by atoms with Gasteiger partial charge in [-0.1, -0.05) is 90.1 Å². The van der Waals surface area contributed by atoms with Gasteiger partial charge in [0, 0.05) is 32.2 Å². The lowest BCUT2D eigenvalue weighted by Crippen LogP contribution is -2.49. The van der Waals surface area contributed by atoms with Gasteiger partial charge in [-0.2, -0.15) is 0 Å². The largest absolute Gasteiger partial charge is 0.361 e. The minimum atomic E-state index is -0.895. The molecule has 0 saturated carbocycles. The number of carbonyl (C=O) groups excluding carboxylic acids is 1. The Labute approximate surface area is 254 Å². The molecule has 1 fully saturated rings. The van der Waals surface area contributed by atoms with Crippen LogP contribution in [0.25, 0.3) is 16.7 Å². The van der Waals surface area contributed by atoms with E-state index in [-0.39, 0.29) is 16.7 Å². The number of rotatable bonds is 10. The van der Waals surface area contributed by atoms with E-state index in [1.807, 2.05) is 11.0 Å². The summed E-state index contributed by atoms with van der Waals surface area (Å²) in [6.45, 7) is 17.1. The van der Waals surface area contributed by atoms with Crippen LogP contribution < -0.4 is 5.32 Å². The Morgan fingerprint density at radius 2 is 1.60 bits per heavy atom. The van der Waals surface area contributed by atoms with Gasteiger partial charge < -0.3 is 15.0 Å². The molecule has 1 atom stereocenters. The van der Waals surface area contributed by atoms with E-state index in [1.54, 1.807) is 0 Å². The molecular formula is C38H52N2O2. The van der Waals surface area contributed by atoms with Crippen LogP contribution in [0.5, 0.6) is 0 Å². The second-order valence-corrected chi connectivity index (χ2v) is 14.4. The summed E-state index contributed by atoms with van der Waals surface area (Å²) >= 11 is 0. The van der Waals surface area contributed by atoms with Gasteiger partial charge in [-0.25, -0.2) is 0 Å². The third-order valence-electron chi connectivity index (χ3n) is 9.78. The van der Waals surface area contributed by atoms with Crippen LogP contribution in [0.15, 0.2) is 60.7 Å². The Balaban J connectivity index is 1.34. The van der Waals surface area contributed by atoms with Gasteiger partial charge in [0.25, 0.3) is 5.91 Å². The van der Waals surface area contributed by atoms with Crippen molar-refractivity contribution in [2.24, 2.45) is 0 Å². The normalized spacial score (nSPS) is 22.7. The first-order valence-corrected chi connectivity index (χ1v) is 16.3. The third kappa shape index (κ3) is 6.60. The van der Waals surface area contributed by atoms with Crippen molar-refractivity contribution in [3.05, 3.63) is 77.4 Å². The maximum Gasteiger partial charge on any atom is 0.259 e. The highest BCUT2D eigenvalue weighted by Crippen LogP contribution is 2.47. The van der Waals surface area contributed by atoms with Crippen LogP contribution in [0.2, 0.25) is 0 Å². The first-order chi connectivity index (χ1) is 20.0. The van der Waals surface area contributed by atoms with E-state index in [4.69, 9.17) is 4.74 Å². The molecule has 2 aromatic rings. The number of carbonyl (C=O) groups is 1. The molecule has 4 nitrogen and oxygen atoms in total. The number of hydrogen-bond donors (Lipinski definition) is 1. The fraction of sp³-hybridized carbons (Fsp3) is 0.553. The number of nitrogens with one attached hydrogen (secondary N) is 1. The van der Waals surface area contributed by atoms with Crippen molar-refractivity contribution < 1.29 is 9.53 Å². The summed E-state index contributed by atoms with van der Waals surface area (Å²) in [6, 6.07) is 16.5. The highest BCUT2D eigenvalue weighted by Gasteiger charge is 2.41. The predicted octanol–water partition coefficient (Wildman–Crippen LogP) is 8.20. The Morgan fingerprint density at radius 1 is 0.905 bits per heavy atom. The number of amides is 1. The SMILES string of the molecule is CC(C)NCCCCOC1(C(=O)N2CCCC2)C=CC(c2cccc(-c3ccc4c(c3)C(C)(C)CCC4(C)C)c2)=CC1. The lowest BCUT2D eigenvalue weighted by Gasteiger charge is -2.42. The van der Waals surface area contributed by atoms with E-state index in [0.717, 1.165) is 50.9 Å². The standard InChI is InChI=1S/C38H52N2O2/c1-28(2)39-22-7-10-25-42-38(35(41)40-23-8-9-24-40)18-16-29(17-19-38)30-12-11-13-31(26-30)32-14-15-33-34(27-32)37(5,6)21-20-36(33,3)4/h11-18,26-28,39H,7-10,19-25H2,1-6H3. The van der Waals surface area contributed by atoms with E-state index in [2.05, 4.69) is 101 Å². The Morgan fingerprint density at radius 3 is 2.29 bits per heavy atom. The van der Waals surface area contributed by atoms with Crippen molar-refractivity contribution >= 4 is 11.5 Å². The summed E-state index contributed by atoms with van der Waals surface area (Å²) in [5.41, 5.74) is 7.34. The lowest BCUT2D eigenvalue weighted by atomic mass is 9.63. The molecule has 0 bridgehead atoms. The molecule has 1 amide bonds. The van der Waals surface area contributed by atoms with E-state index in [9.17, 15) is 4.79 Å². The van der Waals surface area contributed by atoms with E-state index in [1.165, 1.54) is 40.7 Å².